The average molecular weight is 371 g/mol. The van der Waals surface area contributed by atoms with E-state index in [2.05, 4.69) is 26.6 Å². The molecule has 0 fully saturated rings. The van der Waals surface area contributed by atoms with Crippen LogP contribution in [0.2, 0.25) is 0 Å². The quantitative estimate of drug-likeness (QED) is 0.690. The number of carbonyl (C=O) groups excluding carboxylic acids is 2. The van der Waals surface area contributed by atoms with Crippen LogP contribution in [0.5, 0.6) is 0 Å². The predicted octanol–water partition coefficient (Wildman–Crippen LogP) is 3.10. The normalized spacial score (nSPS) is 11.9. The fraction of sp³-hybridized carbons (Fsp3) is 0.500. The Hall–Kier alpha value is -1.56. The Kier molecular flexibility index (Phi) is 7.95. The molecule has 0 aromatic heterocycles. The molecule has 0 heterocycles. The van der Waals surface area contributed by atoms with Gasteiger partial charge >= 0.3 is 5.97 Å². The van der Waals surface area contributed by atoms with Crippen LogP contribution >= 0.6 is 15.9 Å². The van der Waals surface area contributed by atoms with Crippen molar-refractivity contribution in [2.75, 3.05) is 11.9 Å². The molecule has 0 saturated carbocycles. The maximum atomic E-state index is 11.9. The predicted molar refractivity (Wildman–Crippen MR) is 90.7 cm³/mol. The summed E-state index contributed by atoms with van der Waals surface area (Å²) in [5, 5.41) is 5.81. The van der Waals surface area contributed by atoms with Gasteiger partial charge in [-0.25, -0.2) is 0 Å². The summed E-state index contributed by atoms with van der Waals surface area (Å²) in [5.74, 6) is -0.721. The van der Waals surface area contributed by atoms with Gasteiger partial charge in [0.05, 0.1) is 0 Å². The summed E-state index contributed by atoms with van der Waals surface area (Å²) in [6, 6.07) is 7.56. The van der Waals surface area contributed by atoms with Gasteiger partial charge < -0.3 is 15.4 Å². The Labute approximate surface area is 139 Å². The van der Waals surface area contributed by atoms with Crippen molar-refractivity contribution >= 4 is 33.5 Å². The Morgan fingerprint density at radius 1 is 1.18 bits per heavy atom. The minimum atomic E-state index is -0.792. The molecule has 0 aliphatic rings. The van der Waals surface area contributed by atoms with Crippen LogP contribution in [0, 0.1) is 0 Å². The van der Waals surface area contributed by atoms with Crippen molar-refractivity contribution in [2.24, 2.45) is 0 Å². The first-order valence-electron chi connectivity index (χ1n) is 7.45. The highest BCUT2D eigenvalue weighted by molar-refractivity contribution is 9.10. The molecule has 6 heteroatoms. The van der Waals surface area contributed by atoms with Crippen molar-refractivity contribution in [3.8, 4) is 0 Å². The van der Waals surface area contributed by atoms with E-state index in [0.717, 1.165) is 23.0 Å². The third-order valence-electron chi connectivity index (χ3n) is 3.29. The zero-order valence-electron chi connectivity index (χ0n) is 13.2. The van der Waals surface area contributed by atoms with Gasteiger partial charge in [0.1, 0.15) is 6.54 Å². The third kappa shape index (κ3) is 6.47. The molecule has 1 amide bonds. The van der Waals surface area contributed by atoms with Crippen molar-refractivity contribution in [3.05, 3.63) is 28.7 Å². The number of hydrogen-bond acceptors (Lipinski definition) is 4. The standard InChI is InChI=1S/C16H23BrN2O3/c1-4-13(5-2)19-16(21)11(3)22-15(20)10-18-14-8-6-12(17)7-9-14/h6-9,11,13,18H,4-5,10H2,1-3H3,(H,19,21). The topological polar surface area (TPSA) is 67.4 Å². The molecule has 1 aromatic rings. The van der Waals surface area contributed by atoms with Gasteiger partial charge in [0, 0.05) is 16.2 Å². The van der Waals surface area contributed by atoms with Crippen molar-refractivity contribution in [1.29, 1.82) is 0 Å². The van der Waals surface area contributed by atoms with Crippen LogP contribution in [-0.2, 0) is 14.3 Å². The first-order valence-corrected chi connectivity index (χ1v) is 8.24. The number of halogens is 1. The van der Waals surface area contributed by atoms with Crippen molar-refractivity contribution in [3.63, 3.8) is 0 Å². The van der Waals surface area contributed by atoms with E-state index in [1.807, 2.05) is 38.1 Å². The van der Waals surface area contributed by atoms with Crippen molar-refractivity contribution in [2.45, 2.75) is 45.8 Å². The fourth-order valence-corrected chi connectivity index (χ4v) is 2.11. The summed E-state index contributed by atoms with van der Waals surface area (Å²) in [7, 11) is 0. The molecular weight excluding hydrogens is 348 g/mol. The Morgan fingerprint density at radius 3 is 2.32 bits per heavy atom. The number of carbonyl (C=O) groups is 2. The zero-order valence-corrected chi connectivity index (χ0v) is 14.8. The minimum absolute atomic E-state index is 0.0181. The van der Waals surface area contributed by atoms with E-state index in [0.29, 0.717) is 0 Å². The summed E-state index contributed by atoms with van der Waals surface area (Å²) < 4.78 is 6.09. The smallest absolute Gasteiger partial charge is 0.326 e. The number of ether oxygens (including phenoxy) is 1. The van der Waals surface area contributed by atoms with Gasteiger partial charge in [-0.05, 0) is 44.0 Å². The second kappa shape index (κ2) is 9.46. The monoisotopic (exact) mass is 370 g/mol. The van der Waals surface area contributed by atoms with E-state index < -0.39 is 12.1 Å². The number of rotatable bonds is 8. The van der Waals surface area contributed by atoms with Crippen LogP contribution in [0.4, 0.5) is 5.69 Å². The van der Waals surface area contributed by atoms with Gasteiger partial charge in [0.25, 0.3) is 5.91 Å². The zero-order chi connectivity index (χ0) is 16.5. The van der Waals surface area contributed by atoms with Crippen LogP contribution in [0.1, 0.15) is 33.6 Å². The van der Waals surface area contributed by atoms with Gasteiger partial charge in [0.15, 0.2) is 6.10 Å². The number of esters is 1. The van der Waals surface area contributed by atoms with Gasteiger partial charge in [-0.15, -0.1) is 0 Å². The molecule has 1 atom stereocenters. The van der Waals surface area contributed by atoms with E-state index in [9.17, 15) is 9.59 Å². The molecule has 0 radical (unpaired) electrons. The van der Waals surface area contributed by atoms with E-state index >= 15 is 0 Å². The largest absolute Gasteiger partial charge is 0.451 e. The molecule has 0 aliphatic heterocycles. The second-order valence-electron chi connectivity index (χ2n) is 5.01. The molecule has 0 aliphatic carbocycles. The van der Waals surface area contributed by atoms with E-state index in [1.165, 1.54) is 0 Å². The summed E-state index contributed by atoms with van der Waals surface area (Å²) in [6.45, 7) is 5.61. The fourth-order valence-electron chi connectivity index (χ4n) is 1.85. The van der Waals surface area contributed by atoms with E-state index in [4.69, 9.17) is 4.74 Å². The lowest BCUT2D eigenvalue weighted by Crippen LogP contribution is -2.42. The number of hydrogen-bond donors (Lipinski definition) is 2. The highest BCUT2D eigenvalue weighted by atomic mass is 79.9. The SMILES string of the molecule is CCC(CC)NC(=O)C(C)OC(=O)CNc1ccc(Br)cc1. The molecule has 0 bridgehead atoms. The van der Waals surface area contributed by atoms with E-state index in [1.54, 1.807) is 6.92 Å². The van der Waals surface area contributed by atoms with E-state index in [-0.39, 0.29) is 18.5 Å². The van der Waals surface area contributed by atoms with Crippen molar-refractivity contribution < 1.29 is 14.3 Å². The number of amides is 1. The van der Waals surface area contributed by atoms with Crippen molar-refractivity contribution in [1.82, 2.24) is 5.32 Å². The summed E-state index contributed by atoms with van der Waals surface area (Å²) in [6.07, 6.45) is 0.919. The van der Waals surface area contributed by atoms with Gasteiger partial charge in [-0.3, -0.25) is 9.59 Å². The third-order valence-corrected chi connectivity index (χ3v) is 3.82. The molecule has 0 saturated heterocycles. The summed E-state index contributed by atoms with van der Waals surface area (Å²) in [4.78, 5) is 23.7. The van der Waals surface area contributed by atoms with Crippen LogP contribution in [0.15, 0.2) is 28.7 Å². The Morgan fingerprint density at radius 2 is 1.77 bits per heavy atom. The molecular formula is C16H23BrN2O3. The van der Waals surface area contributed by atoms with Crippen LogP contribution < -0.4 is 10.6 Å². The van der Waals surface area contributed by atoms with Gasteiger partial charge in [-0.2, -0.15) is 0 Å². The molecule has 1 aromatic carbocycles. The molecule has 1 rings (SSSR count). The molecule has 22 heavy (non-hydrogen) atoms. The lowest BCUT2D eigenvalue weighted by Gasteiger charge is -2.18. The van der Waals surface area contributed by atoms with Crippen LogP contribution in [0.3, 0.4) is 0 Å². The molecule has 5 nitrogen and oxygen atoms in total. The number of benzene rings is 1. The molecule has 122 valence electrons. The average Bonchev–Trinajstić information content (AvgIpc) is 2.51. The minimum Gasteiger partial charge on any atom is -0.451 e. The Balaban J connectivity index is 2.37. The van der Waals surface area contributed by atoms with Gasteiger partial charge in [-0.1, -0.05) is 29.8 Å². The highest BCUT2D eigenvalue weighted by Crippen LogP contribution is 2.13. The number of anilines is 1. The second-order valence-corrected chi connectivity index (χ2v) is 5.93. The van der Waals surface area contributed by atoms with Crippen LogP contribution in [-0.4, -0.2) is 30.6 Å². The number of nitrogens with one attached hydrogen (secondary N) is 2. The molecule has 2 N–H and O–H groups in total. The molecule has 1 unspecified atom stereocenters. The van der Waals surface area contributed by atoms with Crippen LogP contribution in [0.25, 0.3) is 0 Å². The highest BCUT2D eigenvalue weighted by Gasteiger charge is 2.19. The maximum absolute atomic E-state index is 11.9. The maximum Gasteiger partial charge on any atom is 0.326 e. The molecule has 0 spiro atoms. The Bertz CT molecular complexity index is 487. The summed E-state index contributed by atoms with van der Waals surface area (Å²) in [5.41, 5.74) is 0.814. The lowest BCUT2D eigenvalue weighted by molar-refractivity contribution is -0.153. The summed E-state index contributed by atoms with van der Waals surface area (Å²) >= 11 is 3.34. The first-order chi connectivity index (χ1) is 10.5. The lowest BCUT2D eigenvalue weighted by atomic mass is 10.1. The van der Waals surface area contributed by atoms with Gasteiger partial charge in [0.2, 0.25) is 0 Å². The first kappa shape index (κ1) is 18.5.